The number of ether oxygens (including phenoxy) is 1. The monoisotopic (exact) mass is 352 g/mol. The molecule has 0 unspecified atom stereocenters. The smallest absolute Gasteiger partial charge is 0.246 e. The second-order valence-electron chi connectivity index (χ2n) is 4.98. The fourth-order valence-electron chi connectivity index (χ4n) is 2.39. The van der Waals surface area contributed by atoms with Crippen LogP contribution in [0.15, 0.2) is 28.7 Å². The van der Waals surface area contributed by atoms with Crippen LogP contribution in [-0.4, -0.2) is 55.5 Å². The van der Waals surface area contributed by atoms with Crippen LogP contribution in [0.5, 0.6) is 5.75 Å². The van der Waals surface area contributed by atoms with Gasteiger partial charge in [0, 0.05) is 42.3 Å². The highest BCUT2D eigenvalue weighted by molar-refractivity contribution is 9.10. The Bertz CT molecular complexity index is 523. The summed E-state index contributed by atoms with van der Waals surface area (Å²) in [6, 6.07) is 5.74. The first-order valence-corrected chi connectivity index (χ1v) is 7.96. The number of carbonyl (C=O) groups is 1. The van der Waals surface area contributed by atoms with Crippen molar-refractivity contribution in [1.29, 1.82) is 0 Å². The molecule has 0 aromatic heterocycles. The van der Waals surface area contributed by atoms with E-state index in [2.05, 4.69) is 27.8 Å². The second kappa shape index (κ2) is 7.61. The predicted molar refractivity (Wildman–Crippen MR) is 88.4 cm³/mol. The van der Waals surface area contributed by atoms with E-state index in [1.807, 2.05) is 29.2 Å². The molecule has 5 heteroatoms. The molecule has 1 aromatic rings. The van der Waals surface area contributed by atoms with Crippen LogP contribution in [0.25, 0.3) is 6.08 Å². The average Bonchev–Trinajstić information content (AvgIpc) is 2.52. The van der Waals surface area contributed by atoms with Crippen LogP contribution in [0.1, 0.15) is 12.5 Å². The molecular weight excluding hydrogens is 332 g/mol. The van der Waals surface area contributed by atoms with Crippen LogP contribution in [0, 0.1) is 0 Å². The largest absolute Gasteiger partial charge is 0.496 e. The van der Waals surface area contributed by atoms with Gasteiger partial charge in [-0.25, -0.2) is 0 Å². The molecule has 1 heterocycles. The third kappa shape index (κ3) is 4.32. The van der Waals surface area contributed by atoms with E-state index in [4.69, 9.17) is 4.74 Å². The van der Waals surface area contributed by atoms with E-state index < -0.39 is 0 Å². The minimum atomic E-state index is 0.0628. The first-order chi connectivity index (χ1) is 10.1. The van der Waals surface area contributed by atoms with Gasteiger partial charge in [-0.1, -0.05) is 22.9 Å². The molecule has 0 saturated carbocycles. The van der Waals surface area contributed by atoms with Crippen LogP contribution < -0.4 is 4.74 Å². The van der Waals surface area contributed by atoms with Crippen LogP contribution in [-0.2, 0) is 4.79 Å². The molecule has 21 heavy (non-hydrogen) atoms. The van der Waals surface area contributed by atoms with Gasteiger partial charge in [0.05, 0.1) is 7.11 Å². The summed E-state index contributed by atoms with van der Waals surface area (Å²) in [6.07, 6.45) is 3.45. The van der Waals surface area contributed by atoms with Crippen molar-refractivity contribution >= 4 is 27.9 Å². The number of nitrogens with zero attached hydrogens (tertiary/aromatic N) is 2. The van der Waals surface area contributed by atoms with Crippen molar-refractivity contribution in [2.75, 3.05) is 39.8 Å². The molecule has 2 rings (SSSR count). The maximum Gasteiger partial charge on any atom is 0.246 e. The van der Waals surface area contributed by atoms with Gasteiger partial charge in [-0.15, -0.1) is 0 Å². The topological polar surface area (TPSA) is 32.8 Å². The van der Waals surface area contributed by atoms with Crippen molar-refractivity contribution in [1.82, 2.24) is 9.80 Å². The van der Waals surface area contributed by atoms with Gasteiger partial charge in [-0.2, -0.15) is 0 Å². The Morgan fingerprint density at radius 2 is 2.05 bits per heavy atom. The molecule has 0 radical (unpaired) electrons. The minimum absolute atomic E-state index is 0.0628. The molecule has 1 aliphatic heterocycles. The number of rotatable bonds is 4. The van der Waals surface area contributed by atoms with Crippen molar-refractivity contribution in [3.05, 3.63) is 34.3 Å². The number of carbonyl (C=O) groups excluding carboxylic acids is 1. The minimum Gasteiger partial charge on any atom is -0.496 e. The SMILES string of the molecule is CCN1CCN(C(=O)/C=C/c2cc(Br)ccc2OC)CC1. The quantitative estimate of drug-likeness (QED) is 0.781. The normalized spacial score (nSPS) is 16.4. The molecular formula is C16H21BrN2O2. The molecule has 1 aliphatic rings. The lowest BCUT2D eigenvalue weighted by Gasteiger charge is -2.33. The van der Waals surface area contributed by atoms with Gasteiger partial charge in [-0.3, -0.25) is 4.79 Å². The molecule has 0 spiro atoms. The number of amides is 1. The van der Waals surface area contributed by atoms with E-state index in [1.54, 1.807) is 13.2 Å². The highest BCUT2D eigenvalue weighted by atomic mass is 79.9. The molecule has 0 N–H and O–H groups in total. The number of methoxy groups -OCH3 is 1. The summed E-state index contributed by atoms with van der Waals surface area (Å²) < 4.78 is 6.27. The lowest BCUT2D eigenvalue weighted by atomic mass is 10.2. The van der Waals surface area contributed by atoms with Gasteiger partial charge < -0.3 is 14.5 Å². The van der Waals surface area contributed by atoms with E-state index >= 15 is 0 Å². The van der Waals surface area contributed by atoms with Crippen LogP contribution in [0.3, 0.4) is 0 Å². The Kier molecular flexibility index (Phi) is 5.82. The molecule has 1 amide bonds. The van der Waals surface area contributed by atoms with Crippen molar-refractivity contribution in [3.63, 3.8) is 0 Å². The first-order valence-electron chi connectivity index (χ1n) is 7.17. The summed E-state index contributed by atoms with van der Waals surface area (Å²) in [6.45, 7) is 6.70. The average molecular weight is 353 g/mol. The molecule has 1 saturated heterocycles. The first kappa shape index (κ1) is 16.0. The Labute approximate surface area is 134 Å². The van der Waals surface area contributed by atoms with Crippen LogP contribution in [0.4, 0.5) is 0 Å². The standard InChI is InChI=1S/C16H21BrN2O2/c1-3-18-8-10-19(11-9-18)16(20)7-4-13-12-14(17)5-6-15(13)21-2/h4-7,12H,3,8-11H2,1-2H3/b7-4+. The van der Waals surface area contributed by atoms with Gasteiger partial charge in [0.2, 0.25) is 5.91 Å². The Morgan fingerprint density at radius 3 is 2.67 bits per heavy atom. The van der Waals surface area contributed by atoms with Gasteiger partial charge in [0.25, 0.3) is 0 Å². The zero-order valence-corrected chi connectivity index (χ0v) is 14.1. The molecule has 1 aromatic carbocycles. The zero-order chi connectivity index (χ0) is 15.2. The summed E-state index contributed by atoms with van der Waals surface area (Å²) in [7, 11) is 1.63. The van der Waals surface area contributed by atoms with E-state index in [1.165, 1.54) is 0 Å². The highest BCUT2D eigenvalue weighted by Crippen LogP contribution is 2.24. The van der Waals surface area contributed by atoms with Gasteiger partial charge in [0.15, 0.2) is 0 Å². The fraction of sp³-hybridized carbons (Fsp3) is 0.438. The molecule has 0 atom stereocenters. The van der Waals surface area contributed by atoms with Crippen molar-refractivity contribution in [2.24, 2.45) is 0 Å². The summed E-state index contributed by atoms with van der Waals surface area (Å²) in [5.41, 5.74) is 0.896. The predicted octanol–water partition coefficient (Wildman–Crippen LogP) is 2.64. The Hall–Kier alpha value is -1.33. The molecule has 114 valence electrons. The lowest BCUT2D eigenvalue weighted by molar-refractivity contribution is -0.127. The van der Waals surface area contributed by atoms with E-state index in [-0.39, 0.29) is 5.91 Å². The highest BCUT2D eigenvalue weighted by Gasteiger charge is 2.18. The van der Waals surface area contributed by atoms with E-state index in [9.17, 15) is 4.79 Å². The third-order valence-corrected chi connectivity index (χ3v) is 4.22. The molecule has 4 nitrogen and oxygen atoms in total. The second-order valence-corrected chi connectivity index (χ2v) is 5.89. The van der Waals surface area contributed by atoms with Crippen LogP contribution in [0.2, 0.25) is 0 Å². The Morgan fingerprint density at radius 1 is 1.33 bits per heavy atom. The maximum atomic E-state index is 12.2. The third-order valence-electron chi connectivity index (χ3n) is 3.73. The van der Waals surface area contributed by atoms with Crippen molar-refractivity contribution < 1.29 is 9.53 Å². The van der Waals surface area contributed by atoms with Crippen molar-refractivity contribution in [2.45, 2.75) is 6.92 Å². The maximum absolute atomic E-state index is 12.2. The summed E-state index contributed by atoms with van der Waals surface area (Å²) in [5, 5.41) is 0. The molecule has 1 fully saturated rings. The number of hydrogen-bond donors (Lipinski definition) is 0. The summed E-state index contributed by atoms with van der Waals surface area (Å²) in [5.74, 6) is 0.825. The number of hydrogen-bond acceptors (Lipinski definition) is 3. The molecule has 0 bridgehead atoms. The molecule has 0 aliphatic carbocycles. The van der Waals surface area contributed by atoms with E-state index in [0.29, 0.717) is 0 Å². The van der Waals surface area contributed by atoms with Gasteiger partial charge >= 0.3 is 0 Å². The fourth-order valence-corrected chi connectivity index (χ4v) is 2.77. The number of benzene rings is 1. The van der Waals surface area contributed by atoms with Gasteiger partial charge in [0.1, 0.15) is 5.75 Å². The van der Waals surface area contributed by atoms with Crippen molar-refractivity contribution in [3.8, 4) is 5.75 Å². The Balaban J connectivity index is 2.01. The summed E-state index contributed by atoms with van der Waals surface area (Å²) >= 11 is 3.43. The van der Waals surface area contributed by atoms with E-state index in [0.717, 1.165) is 48.5 Å². The van der Waals surface area contributed by atoms with Gasteiger partial charge in [-0.05, 0) is 30.8 Å². The zero-order valence-electron chi connectivity index (χ0n) is 12.5. The lowest BCUT2D eigenvalue weighted by Crippen LogP contribution is -2.48. The number of likely N-dealkylation sites (N-methyl/N-ethyl adjacent to an activating group) is 1. The number of piperazine rings is 1. The summed E-state index contributed by atoms with van der Waals surface area (Å²) in [4.78, 5) is 16.5. The van der Waals surface area contributed by atoms with Crippen LogP contribution >= 0.6 is 15.9 Å². The number of halogens is 1.